The summed E-state index contributed by atoms with van der Waals surface area (Å²) in [7, 11) is 0. The average molecular weight is 383 g/mol. The molecule has 0 bridgehead atoms. The monoisotopic (exact) mass is 383 g/mol. The highest BCUT2D eigenvalue weighted by Gasteiger charge is 2.11. The van der Waals surface area contributed by atoms with E-state index in [0.29, 0.717) is 12.1 Å². The predicted octanol–water partition coefficient (Wildman–Crippen LogP) is 4.76. The van der Waals surface area contributed by atoms with Gasteiger partial charge in [0.05, 0.1) is 11.0 Å². The molecule has 1 N–H and O–H groups in total. The second-order valence-electron chi connectivity index (χ2n) is 7.32. The van der Waals surface area contributed by atoms with Crippen LogP contribution in [0.15, 0.2) is 78.9 Å². The molecular formula is C25H25N3O. The van der Waals surface area contributed by atoms with Gasteiger partial charge in [-0.2, -0.15) is 0 Å². The first-order chi connectivity index (χ1) is 14.2. The quantitative estimate of drug-likeness (QED) is 0.468. The van der Waals surface area contributed by atoms with Crippen molar-refractivity contribution in [2.45, 2.75) is 26.3 Å². The van der Waals surface area contributed by atoms with E-state index in [0.717, 1.165) is 36.2 Å². The van der Waals surface area contributed by atoms with Crippen molar-refractivity contribution in [1.82, 2.24) is 14.9 Å². The smallest absolute Gasteiger partial charge is 0.251 e. The Morgan fingerprint density at radius 1 is 0.966 bits per heavy atom. The second kappa shape index (κ2) is 8.74. The van der Waals surface area contributed by atoms with E-state index in [1.807, 2.05) is 36.4 Å². The van der Waals surface area contributed by atoms with E-state index < -0.39 is 0 Å². The lowest BCUT2D eigenvalue weighted by atomic mass is 10.1. The van der Waals surface area contributed by atoms with Crippen LogP contribution < -0.4 is 5.32 Å². The van der Waals surface area contributed by atoms with Crippen molar-refractivity contribution < 1.29 is 4.79 Å². The second-order valence-corrected chi connectivity index (χ2v) is 7.32. The molecule has 0 aliphatic carbocycles. The third-order valence-electron chi connectivity index (χ3n) is 5.06. The van der Waals surface area contributed by atoms with Gasteiger partial charge in [-0.25, -0.2) is 4.98 Å². The molecule has 1 amide bonds. The number of hydrogen-bond acceptors (Lipinski definition) is 2. The minimum absolute atomic E-state index is 0.0288. The largest absolute Gasteiger partial charge is 0.352 e. The molecule has 29 heavy (non-hydrogen) atoms. The van der Waals surface area contributed by atoms with Gasteiger partial charge in [0.15, 0.2) is 0 Å². The van der Waals surface area contributed by atoms with E-state index in [1.165, 1.54) is 11.1 Å². The van der Waals surface area contributed by atoms with Gasteiger partial charge in [0.1, 0.15) is 5.82 Å². The first kappa shape index (κ1) is 18.9. The van der Waals surface area contributed by atoms with Gasteiger partial charge in [0, 0.05) is 25.1 Å². The molecule has 4 aromatic rings. The number of rotatable bonds is 7. The van der Waals surface area contributed by atoms with Crippen molar-refractivity contribution in [3.63, 3.8) is 0 Å². The average Bonchev–Trinajstić information content (AvgIpc) is 3.09. The summed E-state index contributed by atoms with van der Waals surface area (Å²) in [4.78, 5) is 17.1. The molecule has 0 spiro atoms. The number of benzene rings is 3. The van der Waals surface area contributed by atoms with E-state index in [9.17, 15) is 4.79 Å². The molecule has 0 aliphatic rings. The number of aryl methyl sites for hydroxylation is 2. The molecule has 4 heteroatoms. The number of nitrogens with one attached hydrogen (secondary N) is 1. The molecule has 0 saturated heterocycles. The molecule has 1 heterocycles. The first-order valence-corrected chi connectivity index (χ1v) is 10.0. The molecular weight excluding hydrogens is 358 g/mol. The number of amides is 1. The molecule has 3 aromatic carbocycles. The Hall–Kier alpha value is -3.40. The summed E-state index contributed by atoms with van der Waals surface area (Å²) in [5.74, 6) is 1.03. The van der Waals surface area contributed by atoms with Crippen LogP contribution in [0.2, 0.25) is 0 Å². The number of aromatic nitrogens is 2. The lowest BCUT2D eigenvalue weighted by molar-refractivity contribution is 0.0953. The van der Waals surface area contributed by atoms with Gasteiger partial charge in [-0.1, -0.05) is 60.2 Å². The zero-order valence-corrected chi connectivity index (χ0v) is 16.6. The number of para-hydroxylation sites is 2. The molecule has 0 unspecified atom stereocenters. The van der Waals surface area contributed by atoms with E-state index in [2.05, 4.69) is 59.3 Å². The van der Waals surface area contributed by atoms with Gasteiger partial charge in [0.2, 0.25) is 0 Å². The number of imidazole rings is 1. The first-order valence-electron chi connectivity index (χ1n) is 10.0. The Kier molecular flexibility index (Phi) is 5.71. The van der Waals surface area contributed by atoms with Gasteiger partial charge in [-0.15, -0.1) is 0 Å². The summed E-state index contributed by atoms with van der Waals surface area (Å²) in [6.45, 7) is 3.54. The lowest BCUT2D eigenvalue weighted by Gasteiger charge is -2.11. The van der Waals surface area contributed by atoms with Crippen LogP contribution in [0.1, 0.15) is 33.7 Å². The Morgan fingerprint density at radius 3 is 2.59 bits per heavy atom. The number of fused-ring (bicyclic) bond motifs is 1. The van der Waals surface area contributed by atoms with Crippen LogP contribution in [0.3, 0.4) is 0 Å². The Bertz CT molecular complexity index is 1120. The standard InChI is InChI=1S/C25H25N3O/c1-19-9-7-10-20(17-19)18-28-23-14-6-5-13-22(23)27-24(28)15-8-16-26-25(29)21-11-3-2-4-12-21/h2-7,9-14,17H,8,15-16,18H2,1H3,(H,26,29). The van der Waals surface area contributed by atoms with Crippen LogP contribution in [-0.2, 0) is 13.0 Å². The van der Waals surface area contributed by atoms with Gasteiger partial charge in [0.25, 0.3) is 5.91 Å². The van der Waals surface area contributed by atoms with E-state index in [1.54, 1.807) is 0 Å². The van der Waals surface area contributed by atoms with E-state index in [4.69, 9.17) is 4.98 Å². The number of nitrogens with zero attached hydrogens (tertiary/aromatic N) is 2. The summed E-state index contributed by atoms with van der Waals surface area (Å²) in [5, 5.41) is 3.00. The summed E-state index contributed by atoms with van der Waals surface area (Å²) in [6.07, 6.45) is 1.66. The molecule has 0 aliphatic heterocycles. The van der Waals surface area contributed by atoms with E-state index >= 15 is 0 Å². The number of carbonyl (C=O) groups is 1. The highest BCUT2D eigenvalue weighted by atomic mass is 16.1. The molecule has 0 atom stereocenters. The molecule has 4 nitrogen and oxygen atoms in total. The summed E-state index contributed by atoms with van der Waals surface area (Å²) in [6, 6.07) is 26.2. The fraction of sp³-hybridized carbons (Fsp3) is 0.200. The van der Waals surface area contributed by atoms with Crippen LogP contribution >= 0.6 is 0 Å². The van der Waals surface area contributed by atoms with Crippen molar-refractivity contribution in [3.8, 4) is 0 Å². The minimum Gasteiger partial charge on any atom is -0.352 e. The maximum Gasteiger partial charge on any atom is 0.251 e. The van der Waals surface area contributed by atoms with E-state index in [-0.39, 0.29) is 5.91 Å². The topological polar surface area (TPSA) is 46.9 Å². The van der Waals surface area contributed by atoms with Crippen molar-refractivity contribution in [1.29, 1.82) is 0 Å². The Labute approximate surface area is 171 Å². The van der Waals surface area contributed by atoms with Crippen molar-refractivity contribution >= 4 is 16.9 Å². The normalized spacial score (nSPS) is 10.9. The van der Waals surface area contributed by atoms with Crippen molar-refractivity contribution in [3.05, 3.63) is 101 Å². The van der Waals surface area contributed by atoms with Crippen LogP contribution in [0.5, 0.6) is 0 Å². The van der Waals surface area contributed by atoms with Crippen LogP contribution in [0.25, 0.3) is 11.0 Å². The van der Waals surface area contributed by atoms with Crippen LogP contribution in [0, 0.1) is 6.92 Å². The molecule has 0 fully saturated rings. The third kappa shape index (κ3) is 4.54. The van der Waals surface area contributed by atoms with Gasteiger partial charge >= 0.3 is 0 Å². The van der Waals surface area contributed by atoms with Crippen molar-refractivity contribution in [2.24, 2.45) is 0 Å². The SMILES string of the molecule is Cc1cccc(Cn2c(CCCNC(=O)c3ccccc3)nc3ccccc32)c1. The van der Waals surface area contributed by atoms with Gasteiger partial charge in [-0.3, -0.25) is 4.79 Å². The Balaban J connectivity index is 1.46. The zero-order chi connectivity index (χ0) is 20.1. The zero-order valence-electron chi connectivity index (χ0n) is 16.6. The summed E-state index contributed by atoms with van der Waals surface area (Å²) >= 11 is 0. The Morgan fingerprint density at radius 2 is 1.76 bits per heavy atom. The molecule has 0 radical (unpaired) electrons. The third-order valence-corrected chi connectivity index (χ3v) is 5.06. The predicted molar refractivity (Wildman–Crippen MR) is 117 cm³/mol. The van der Waals surface area contributed by atoms with Crippen LogP contribution in [-0.4, -0.2) is 22.0 Å². The highest BCUT2D eigenvalue weighted by molar-refractivity contribution is 5.94. The lowest BCUT2D eigenvalue weighted by Crippen LogP contribution is -2.24. The number of hydrogen-bond donors (Lipinski definition) is 1. The molecule has 146 valence electrons. The van der Waals surface area contributed by atoms with Crippen LogP contribution in [0.4, 0.5) is 0 Å². The number of carbonyl (C=O) groups excluding carboxylic acids is 1. The van der Waals surface area contributed by atoms with Gasteiger partial charge in [-0.05, 0) is 43.2 Å². The fourth-order valence-corrected chi connectivity index (χ4v) is 3.63. The fourth-order valence-electron chi connectivity index (χ4n) is 3.63. The van der Waals surface area contributed by atoms with Gasteiger partial charge < -0.3 is 9.88 Å². The maximum atomic E-state index is 12.2. The molecule has 1 aromatic heterocycles. The molecule has 4 rings (SSSR count). The maximum absolute atomic E-state index is 12.2. The molecule has 0 saturated carbocycles. The van der Waals surface area contributed by atoms with Crippen molar-refractivity contribution in [2.75, 3.05) is 6.54 Å². The summed E-state index contributed by atoms with van der Waals surface area (Å²) in [5.41, 5.74) is 5.39. The minimum atomic E-state index is -0.0288. The highest BCUT2D eigenvalue weighted by Crippen LogP contribution is 2.19. The summed E-state index contributed by atoms with van der Waals surface area (Å²) < 4.78 is 2.29.